The quantitative estimate of drug-likeness (QED) is 0.688. The summed E-state index contributed by atoms with van der Waals surface area (Å²) in [5.41, 5.74) is 0. The van der Waals surface area contributed by atoms with Crippen LogP contribution in [0.5, 0.6) is 5.88 Å². The summed E-state index contributed by atoms with van der Waals surface area (Å²) < 4.78 is 5.03. The van der Waals surface area contributed by atoms with Crippen molar-refractivity contribution in [2.24, 2.45) is 0 Å². The summed E-state index contributed by atoms with van der Waals surface area (Å²) in [4.78, 5) is 8.32. The van der Waals surface area contributed by atoms with Crippen molar-refractivity contribution in [3.8, 4) is 5.88 Å². The molecular weight excluding hydrogens is 234 g/mol. The molecule has 0 spiro atoms. The second-order valence-electron chi connectivity index (χ2n) is 3.76. The van der Waals surface area contributed by atoms with Gasteiger partial charge in [-0.1, -0.05) is 12.8 Å². The van der Waals surface area contributed by atoms with Crippen molar-refractivity contribution in [2.75, 3.05) is 31.0 Å². The minimum atomic E-state index is 0.600. The van der Waals surface area contributed by atoms with Crippen LogP contribution in [-0.2, 0) is 0 Å². The van der Waals surface area contributed by atoms with E-state index in [1.807, 2.05) is 11.8 Å². The highest BCUT2D eigenvalue weighted by molar-refractivity contribution is 7.98. The molecule has 0 fully saturated rings. The average molecular weight is 255 g/mol. The van der Waals surface area contributed by atoms with Gasteiger partial charge in [0.15, 0.2) is 0 Å². The molecule has 0 saturated carbocycles. The van der Waals surface area contributed by atoms with Crippen LogP contribution in [0.1, 0.15) is 25.7 Å². The van der Waals surface area contributed by atoms with E-state index in [1.165, 1.54) is 25.0 Å². The zero-order valence-electron chi connectivity index (χ0n) is 10.6. The van der Waals surface area contributed by atoms with E-state index in [4.69, 9.17) is 4.74 Å². The lowest BCUT2D eigenvalue weighted by molar-refractivity contribution is 0.397. The van der Waals surface area contributed by atoms with Gasteiger partial charge in [0.05, 0.1) is 7.11 Å². The molecule has 0 amide bonds. The van der Waals surface area contributed by atoms with Crippen LogP contribution in [0.25, 0.3) is 0 Å². The normalized spacial score (nSPS) is 10.2. The number of aromatic nitrogens is 2. The van der Waals surface area contributed by atoms with Crippen LogP contribution in [-0.4, -0.2) is 35.6 Å². The first-order valence-electron chi connectivity index (χ1n) is 5.96. The summed E-state index contributed by atoms with van der Waals surface area (Å²) in [5.74, 6) is 2.52. The first-order valence-corrected chi connectivity index (χ1v) is 7.36. The van der Waals surface area contributed by atoms with Crippen LogP contribution in [0.15, 0.2) is 12.3 Å². The Labute approximate surface area is 108 Å². The van der Waals surface area contributed by atoms with E-state index in [2.05, 4.69) is 21.5 Å². The highest BCUT2D eigenvalue weighted by atomic mass is 32.2. The third-order valence-electron chi connectivity index (χ3n) is 2.40. The minimum Gasteiger partial charge on any atom is -0.481 e. The molecule has 1 aromatic heterocycles. The number of hydrogen-bond acceptors (Lipinski definition) is 5. The Hall–Kier alpha value is -0.970. The standard InChI is InChI=1S/C12H21N3OS/c1-16-11-7-9-14-12(15-11)13-8-5-3-4-6-10-17-2/h7,9H,3-6,8,10H2,1-2H3,(H,13,14,15). The molecule has 1 aromatic rings. The summed E-state index contributed by atoms with van der Waals surface area (Å²) in [5, 5.41) is 3.20. The van der Waals surface area contributed by atoms with Crippen LogP contribution in [0.2, 0.25) is 0 Å². The number of methoxy groups -OCH3 is 1. The van der Waals surface area contributed by atoms with E-state index in [0.29, 0.717) is 11.8 Å². The SMILES string of the molecule is COc1ccnc(NCCCCCCSC)n1. The Morgan fingerprint density at radius 2 is 2.12 bits per heavy atom. The molecule has 0 bridgehead atoms. The molecule has 5 heteroatoms. The molecule has 0 aliphatic carbocycles. The third-order valence-corrected chi connectivity index (χ3v) is 3.09. The van der Waals surface area contributed by atoms with Crippen molar-refractivity contribution in [3.05, 3.63) is 12.3 Å². The van der Waals surface area contributed by atoms with Gasteiger partial charge in [-0.15, -0.1) is 0 Å². The maximum atomic E-state index is 5.03. The summed E-state index contributed by atoms with van der Waals surface area (Å²) >= 11 is 1.92. The lowest BCUT2D eigenvalue weighted by Gasteiger charge is -2.05. The number of anilines is 1. The fourth-order valence-electron chi connectivity index (χ4n) is 1.47. The smallest absolute Gasteiger partial charge is 0.225 e. The number of ether oxygens (including phenoxy) is 1. The van der Waals surface area contributed by atoms with Crippen LogP contribution in [0.4, 0.5) is 5.95 Å². The van der Waals surface area contributed by atoms with Gasteiger partial charge in [-0.05, 0) is 24.9 Å². The number of nitrogens with one attached hydrogen (secondary N) is 1. The number of nitrogens with zero attached hydrogens (tertiary/aromatic N) is 2. The monoisotopic (exact) mass is 255 g/mol. The van der Waals surface area contributed by atoms with E-state index in [-0.39, 0.29) is 0 Å². The van der Waals surface area contributed by atoms with Gasteiger partial charge in [0.1, 0.15) is 0 Å². The minimum absolute atomic E-state index is 0.600. The molecule has 1 rings (SSSR count). The van der Waals surface area contributed by atoms with Gasteiger partial charge in [0.2, 0.25) is 11.8 Å². The second-order valence-corrected chi connectivity index (χ2v) is 4.74. The Morgan fingerprint density at radius 1 is 1.29 bits per heavy atom. The van der Waals surface area contributed by atoms with Gasteiger partial charge in [-0.25, -0.2) is 4.98 Å². The molecule has 0 aliphatic rings. The van der Waals surface area contributed by atoms with E-state index in [9.17, 15) is 0 Å². The lowest BCUT2D eigenvalue weighted by atomic mass is 10.2. The van der Waals surface area contributed by atoms with E-state index in [1.54, 1.807) is 19.4 Å². The Kier molecular flexibility index (Phi) is 7.54. The molecule has 1 heterocycles. The lowest BCUT2D eigenvalue weighted by Crippen LogP contribution is -2.05. The van der Waals surface area contributed by atoms with Crippen LogP contribution >= 0.6 is 11.8 Å². The maximum Gasteiger partial charge on any atom is 0.225 e. The van der Waals surface area contributed by atoms with Crippen molar-refractivity contribution < 1.29 is 4.74 Å². The first kappa shape index (κ1) is 14.1. The van der Waals surface area contributed by atoms with Crippen molar-refractivity contribution in [2.45, 2.75) is 25.7 Å². The molecule has 0 aliphatic heterocycles. The van der Waals surface area contributed by atoms with E-state index >= 15 is 0 Å². The summed E-state index contributed by atoms with van der Waals surface area (Å²) in [6.45, 7) is 0.923. The zero-order valence-corrected chi connectivity index (χ0v) is 11.4. The van der Waals surface area contributed by atoms with Gasteiger partial charge in [0, 0.05) is 18.8 Å². The average Bonchev–Trinajstić information content (AvgIpc) is 2.38. The maximum absolute atomic E-state index is 5.03. The summed E-state index contributed by atoms with van der Waals surface area (Å²) in [6.07, 6.45) is 8.90. The predicted octanol–water partition coefficient (Wildman–Crippen LogP) is 2.82. The molecule has 0 atom stereocenters. The molecule has 1 N–H and O–H groups in total. The van der Waals surface area contributed by atoms with Gasteiger partial charge in [0.25, 0.3) is 0 Å². The first-order chi connectivity index (χ1) is 8.36. The third kappa shape index (κ3) is 6.36. The summed E-state index contributed by atoms with van der Waals surface area (Å²) in [6, 6.07) is 1.74. The molecule has 0 aromatic carbocycles. The number of rotatable bonds is 9. The summed E-state index contributed by atoms with van der Waals surface area (Å²) in [7, 11) is 1.61. The number of hydrogen-bond donors (Lipinski definition) is 1. The fourth-order valence-corrected chi connectivity index (χ4v) is 1.96. The Morgan fingerprint density at radius 3 is 2.88 bits per heavy atom. The highest BCUT2D eigenvalue weighted by Gasteiger charge is 1.97. The second kappa shape index (κ2) is 9.10. The van der Waals surface area contributed by atoms with Crippen molar-refractivity contribution >= 4 is 17.7 Å². The van der Waals surface area contributed by atoms with E-state index < -0.39 is 0 Å². The predicted molar refractivity (Wildman–Crippen MR) is 73.9 cm³/mol. The van der Waals surface area contributed by atoms with Crippen LogP contribution < -0.4 is 10.1 Å². The van der Waals surface area contributed by atoms with Gasteiger partial charge < -0.3 is 10.1 Å². The van der Waals surface area contributed by atoms with Crippen LogP contribution in [0.3, 0.4) is 0 Å². The number of unbranched alkanes of at least 4 members (excludes halogenated alkanes) is 3. The topological polar surface area (TPSA) is 47.0 Å². The molecule has 4 nitrogen and oxygen atoms in total. The number of thioether (sulfide) groups is 1. The highest BCUT2D eigenvalue weighted by Crippen LogP contribution is 2.08. The van der Waals surface area contributed by atoms with Crippen molar-refractivity contribution in [3.63, 3.8) is 0 Å². The Bertz CT molecular complexity index is 310. The van der Waals surface area contributed by atoms with Gasteiger partial charge in [-0.3, -0.25) is 0 Å². The Balaban J connectivity index is 2.09. The van der Waals surface area contributed by atoms with E-state index in [0.717, 1.165) is 13.0 Å². The van der Waals surface area contributed by atoms with Gasteiger partial charge in [-0.2, -0.15) is 16.7 Å². The molecule has 0 unspecified atom stereocenters. The van der Waals surface area contributed by atoms with Crippen molar-refractivity contribution in [1.82, 2.24) is 9.97 Å². The molecule has 0 radical (unpaired) electrons. The molecule has 0 saturated heterocycles. The van der Waals surface area contributed by atoms with Crippen LogP contribution in [0, 0.1) is 0 Å². The zero-order chi connectivity index (χ0) is 12.3. The fraction of sp³-hybridized carbons (Fsp3) is 0.667. The van der Waals surface area contributed by atoms with Crippen molar-refractivity contribution in [1.29, 1.82) is 0 Å². The molecule has 96 valence electrons. The van der Waals surface area contributed by atoms with Gasteiger partial charge >= 0.3 is 0 Å². The molecule has 17 heavy (non-hydrogen) atoms. The molecular formula is C12H21N3OS. The largest absolute Gasteiger partial charge is 0.481 e.